The molecule has 1 aliphatic carbocycles. The molecular weight excluding hydrogens is 580 g/mol. The van der Waals surface area contributed by atoms with Gasteiger partial charge in [-0.15, -0.1) is 10.2 Å². The molecule has 0 unspecified atom stereocenters. The predicted molar refractivity (Wildman–Crippen MR) is 177 cm³/mol. The fourth-order valence-corrected chi connectivity index (χ4v) is 6.29. The van der Waals surface area contributed by atoms with E-state index in [0.29, 0.717) is 36.9 Å². The van der Waals surface area contributed by atoms with Crippen molar-refractivity contribution in [2.45, 2.75) is 70.6 Å². The van der Waals surface area contributed by atoms with Gasteiger partial charge in [-0.3, -0.25) is 9.72 Å². The number of aliphatic hydroxyl groups is 1. The summed E-state index contributed by atoms with van der Waals surface area (Å²) in [6.45, 7) is 9.65. The number of aromatic nitrogens is 5. The molecule has 0 spiro atoms. The number of aliphatic hydroxyl groups excluding tert-OH is 1. The highest BCUT2D eigenvalue weighted by Crippen LogP contribution is 2.39. The summed E-state index contributed by atoms with van der Waals surface area (Å²) in [6.07, 6.45) is 3.53. The molecule has 4 heterocycles. The molecule has 11 nitrogen and oxygen atoms in total. The number of nitrogens with zero attached hydrogens (tertiary/aromatic N) is 6. The highest BCUT2D eigenvalue weighted by atomic mass is 16.5. The molecule has 2 aromatic carbocycles. The number of carbonyl (C=O) groups is 1. The number of anilines is 2. The van der Waals surface area contributed by atoms with Gasteiger partial charge in [0, 0.05) is 24.6 Å². The van der Waals surface area contributed by atoms with Crippen LogP contribution in [0.25, 0.3) is 11.3 Å². The predicted octanol–water partition coefficient (Wildman–Crippen LogP) is 5.87. The van der Waals surface area contributed by atoms with Crippen LogP contribution in [0.3, 0.4) is 0 Å². The third-order valence-electron chi connectivity index (χ3n) is 8.82. The topological polar surface area (TPSA) is 122 Å². The fourth-order valence-electron chi connectivity index (χ4n) is 6.29. The Morgan fingerprint density at radius 3 is 2.50 bits per heavy atom. The van der Waals surface area contributed by atoms with Crippen LogP contribution >= 0.6 is 0 Å². The zero-order valence-electron chi connectivity index (χ0n) is 26.6. The summed E-state index contributed by atoms with van der Waals surface area (Å²) in [5.74, 6) is 2.02. The Balaban J connectivity index is 1.09. The first-order valence-corrected chi connectivity index (χ1v) is 15.9. The van der Waals surface area contributed by atoms with Crippen LogP contribution < -0.4 is 20.3 Å². The SMILES string of the molecule is Cc1ccc(-n2nc(C(C)(C)C)cc2NC(=O)N[C@H]2CC[C@@H](Oc3ccc4nnc(N5CC[C@@H](O)C5)n4c3)c3ccccc32)cc1. The summed E-state index contributed by atoms with van der Waals surface area (Å²) in [5, 5.41) is 29.8. The molecule has 238 valence electrons. The largest absolute Gasteiger partial charge is 0.484 e. The van der Waals surface area contributed by atoms with Crippen molar-refractivity contribution in [3.8, 4) is 11.4 Å². The van der Waals surface area contributed by atoms with Gasteiger partial charge in [-0.2, -0.15) is 5.10 Å². The molecule has 0 radical (unpaired) electrons. The molecule has 5 aromatic rings. The molecule has 46 heavy (non-hydrogen) atoms. The summed E-state index contributed by atoms with van der Waals surface area (Å²) in [5.41, 5.74) is 5.55. The Morgan fingerprint density at radius 1 is 0.978 bits per heavy atom. The van der Waals surface area contributed by atoms with Crippen LogP contribution in [0.1, 0.15) is 74.6 Å². The van der Waals surface area contributed by atoms with E-state index in [4.69, 9.17) is 9.84 Å². The first-order chi connectivity index (χ1) is 22.1. The standard InChI is InChI=1S/C35H40N8O3/c1-22-9-11-23(12-10-22)43-32(19-30(40-43)35(2,3)4)37-33(45)36-28-14-15-29(27-8-6-5-7-26(27)28)46-25-13-16-31-38-39-34(42(31)21-25)41-18-17-24(44)20-41/h5-13,16,19,21,24,28-29,44H,14-15,17-18,20H2,1-4H3,(H2,36,37,45)/t24-,28+,29-/m1/s1. The molecule has 0 saturated carbocycles. The van der Waals surface area contributed by atoms with Crippen LogP contribution in [0.5, 0.6) is 5.75 Å². The normalized spacial score (nSPS) is 19.7. The summed E-state index contributed by atoms with van der Waals surface area (Å²) < 4.78 is 10.3. The van der Waals surface area contributed by atoms with Gasteiger partial charge in [0.15, 0.2) is 5.65 Å². The number of ether oxygens (including phenoxy) is 1. The van der Waals surface area contributed by atoms with Crippen LogP contribution in [0, 0.1) is 6.92 Å². The quantitative estimate of drug-likeness (QED) is 0.217. The maximum absolute atomic E-state index is 13.5. The second-order valence-electron chi connectivity index (χ2n) is 13.4. The summed E-state index contributed by atoms with van der Waals surface area (Å²) in [7, 11) is 0. The van der Waals surface area contributed by atoms with Crippen LogP contribution in [0.4, 0.5) is 16.6 Å². The van der Waals surface area contributed by atoms with E-state index < -0.39 is 0 Å². The lowest BCUT2D eigenvalue weighted by Gasteiger charge is -2.32. The van der Waals surface area contributed by atoms with Crippen LogP contribution in [-0.4, -0.2) is 54.7 Å². The number of β-amino-alcohol motifs (C(OH)–C–C–N with tert-alkyl or cyclic N) is 1. The number of pyridine rings is 1. The lowest BCUT2D eigenvalue weighted by atomic mass is 9.85. The molecule has 0 bridgehead atoms. The molecular formula is C35H40N8O3. The molecule has 2 amide bonds. The Labute approximate surface area is 268 Å². The third-order valence-corrected chi connectivity index (χ3v) is 8.82. The zero-order valence-corrected chi connectivity index (χ0v) is 26.6. The molecule has 1 aliphatic heterocycles. The van der Waals surface area contributed by atoms with E-state index in [1.807, 2.05) is 77.0 Å². The van der Waals surface area contributed by atoms with Crippen molar-refractivity contribution in [1.29, 1.82) is 0 Å². The van der Waals surface area contributed by atoms with Gasteiger partial charge in [0.05, 0.1) is 29.7 Å². The molecule has 11 heteroatoms. The minimum Gasteiger partial charge on any atom is -0.484 e. The Morgan fingerprint density at radius 2 is 1.76 bits per heavy atom. The molecule has 3 N–H and O–H groups in total. The van der Waals surface area contributed by atoms with Crippen molar-refractivity contribution >= 4 is 23.4 Å². The Kier molecular flexibility index (Phi) is 7.64. The average molecular weight is 621 g/mol. The van der Waals surface area contributed by atoms with Crippen molar-refractivity contribution in [3.05, 3.63) is 95.3 Å². The number of hydrogen-bond donors (Lipinski definition) is 3. The number of amides is 2. The number of benzene rings is 2. The van der Waals surface area contributed by atoms with Gasteiger partial charge in [0.1, 0.15) is 17.7 Å². The summed E-state index contributed by atoms with van der Waals surface area (Å²) in [6, 6.07) is 21.5. The average Bonchev–Trinajstić information content (AvgIpc) is 3.77. The zero-order chi connectivity index (χ0) is 32.0. The van der Waals surface area contributed by atoms with Crippen molar-refractivity contribution in [2.24, 2.45) is 0 Å². The first-order valence-electron chi connectivity index (χ1n) is 15.9. The Hall–Kier alpha value is -4.90. The molecule has 7 rings (SSSR count). The number of urea groups is 1. The van der Waals surface area contributed by atoms with Gasteiger partial charge in [0.25, 0.3) is 0 Å². The van der Waals surface area contributed by atoms with Gasteiger partial charge in [-0.25, -0.2) is 9.48 Å². The number of hydrogen-bond acceptors (Lipinski definition) is 7. The van der Waals surface area contributed by atoms with Crippen molar-refractivity contribution in [2.75, 3.05) is 23.3 Å². The first kappa shape index (κ1) is 29.8. The second-order valence-corrected chi connectivity index (χ2v) is 13.4. The maximum Gasteiger partial charge on any atom is 0.320 e. The number of fused-ring (bicyclic) bond motifs is 2. The third kappa shape index (κ3) is 5.90. The number of aryl methyl sites for hydroxylation is 1. The maximum atomic E-state index is 13.5. The van der Waals surface area contributed by atoms with Gasteiger partial charge < -0.3 is 20.1 Å². The molecule has 1 saturated heterocycles. The highest BCUT2D eigenvalue weighted by molar-refractivity contribution is 5.89. The minimum absolute atomic E-state index is 0.178. The molecule has 1 fully saturated rings. The van der Waals surface area contributed by atoms with E-state index in [9.17, 15) is 9.90 Å². The molecule has 3 atom stereocenters. The van der Waals surface area contributed by atoms with Crippen LogP contribution in [0.2, 0.25) is 0 Å². The van der Waals surface area contributed by atoms with Crippen LogP contribution in [0.15, 0.2) is 72.9 Å². The van der Waals surface area contributed by atoms with Crippen molar-refractivity contribution < 1.29 is 14.6 Å². The van der Waals surface area contributed by atoms with Gasteiger partial charge >= 0.3 is 6.03 Å². The van der Waals surface area contributed by atoms with E-state index in [2.05, 4.69) is 53.7 Å². The van der Waals surface area contributed by atoms with E-state index in [0.717, 1.165) is 46.7 Å². The summed E-state index contributed by atoms with van der Waals surface area (Å²) >= 11 is 0. The van der Waals surface area contributed by atoms with Crippen molar-refractivity contribution in [1.82, 2.24) is 29.7 Å². The minimum atomic E-state index is -0.356. The van der Waals surface area contributed by atoms with Gasteiger partial charge in [0.2, 0.25) is 5.95 Å². The smallest absolute Gasteiger partial charge is 0.320 e. The fraction of sp³-hybridized carbons (Fsp3) is 0.371. The van der Waals surface area contributed by atoms with Gasteiger partial charge in [-0.05, 0) is 61.6 Å². The lowest BCUT2D eigenvalue weighted by Crippen LogP contribution is -2.36. The van der Waals surface area contributed by atoms with E-state index in [1.54, 1.807) is 4.68 Å². The van der Waals surface area contributed by atoms with E-state index in [1.165, 1.54) is 0 Å². The summed E-state index contributed by atoms with van der Waals surface area (Å²) in [4.78, 5) is 15.5. The molecule has 3 aromatic heterocycles. The van der Waals surface area contributed by atoms with Crippen molar-refractivity contribution in [3.63, 3.8) is 0 Å². The van der Waals surface area contributed by atoms with E-state index >= 15 is 0 Å². The Bertz CT molecular complexity index is 1870. The monoisotopic (exact) mass is 620 g/mol. The van der Waals surface area contributed by atoms with Crippen LogP contribution in [-0.2, 0) is 5.41 Å². The number of nitrogens with one attached hydrogen (secondary N) is 2. The second kappa shape index (κ2) is 11.8. The lowest BCUT2D eigenvalue weighted by molar-refractivity contribution is 0.171. The highest BCUT2D eigenvalue weighted by Gasteiger charge is 2.31. The number of carbonyl (C=O) groups excluding carboxylic acids is 1. The number of rotatable bonds is 6. The van der Waals surface area contributed by atoms with Gasteiger partial charge in [-0.1, -0.05) is 62.7 Å². The molecule has 2 aliphatic rings. The van der Waals surface area contributed by atoms with E-state index in [-0.39, 0.29) is 29.7 Å².